The molecule has 4 aromatic rings. The average Bonchev–Trinajstić information content (AvgIpc) is 3.39. The lowest BCUT2D eigenvalue weighted by atomic mass is 10.1. The van der Waals surface area contributed by atoms with E-state index in [-0.39, 0.29) is 12.6 Å². The Kier molecular flexibility index (Phi) is 7.09. The van der Waals surface area contributed by atoms with Crippen molar-refractivity contribution in [3.05, 3.63) is 59.0 Å². The minimum atomic E-state index is -1.04. The number of pyridine rings is 1. The summed E-state index contributed by atoms with van der Waals surface area (Å²) in [4.78, 5) is 18.7. The van der Waals surface area contributed by atoms with Gasteiger partial charge in [0, 0.05) is 18.2 Å². The van der Waals surface area contributed by atoms with Gasteiger partial charge in [-0.3, -0.25) is 4.98 Å². The van der Waals surface area contributed by atoms with Gasteiger partial charge in [-0.05, 0) is 45.7 Å². The zero-order valence-electron chi connectivity index (χ0n) is 21.3. The van der Waals surface area contributed by atoms with E-state index in [1.54, 1.807) is 6.20 Å². The lowest BCUT2D eigenvalue weighted by Crippen LogP contribution is -2.35. The van der Waals surface area contributed by atoms with Crippen molar-refractivity contribution in [2.45, 2.75) is 58.4 Å². The summed E-state index contributed by atoms with van der Waals surface area (Å²) in [7, 11) is 0. The van der Waals surface area contributed by atoms with Gasteiger partial charge in [0.15, 0.2) is 0 Å². The molecule has 0 unspecified atom stereocenters. The maximum atomic E-state index is 10.7. The highest BCUT2D eigenvalue weighted by Gasteiger charge is 2.41. The highest BCUT2D eigenvalue weighted by molar-refractivity contribution is 7.21. The molecule has 0 saturated heterocycles. The van der Waals surface area contributed by atoms with E-state index in [0.717, 1.165) is 37.7 Å². The molecular weight excluding hydrogens is 488 g/mol. The maximum absolute atomic E-state index is 10.7. The molecule has 5 N–H and O–H groups in total. The van der Waals surface area contributed by atoms with E-state index in [1.165, 1.54) is 16.9 Å². The molecule has 0 spiro atoms. The van der Waals surface area contributed by atoms with Crippen LogP contribution in [0.2, 0.25) is 0 Å². The molecule has 0 amide bonds. The Hall–Kier alpha value is -3.18. The first kappa shape index (κ1) is 25.5. The number of nitrogens with one attached hydrogen (secondary N) is 2. The molecule has 9 nitrogen and oxygen atoms in total. The quantitative estimate of drug-likeness (QED) is 0.247. The lowest BCUT2D eigenvalue weighted by molar-refractivity contribution is 0.00446. The van der Waals surface area contributed by atoms with Gasteiger partial charge in [-0.2, -0.15) is 4.98 Å². The van der Waals surface area contributed by atoms with Gasteiger partial charge in [-0.1, -0.05) is 29.8 Å². The zero-order valence-corrected chi connectivity index (χ0v) is 22.1. The Balaban J connectivity index is 1.54. The molecule has 1 saturated carbocycles. The summed E-state index contributed by atoms with van der Waals surface area (Å²) in [5.74, 6) is 0.557. The molecular formula is C27H32N6O3S. The van der Waals surface area contributed by atoms with Crippen molar-refractivity contribution in [3.63, 3.8) is 0 Å². The third kappa shape index (κ3) is 5.15. The summed E-state index contributed by atoms with van der Waals surface area (Å²) in [6.45, 7) is 7.77. The fourth-order valence-corrected chi connectivity index (χ4v) is 5.92. The number of rotatable bonds is 7. The van der Waals surface area contributed by atoms with Crippen LogP contribution in [0.4, 0.5) is 11.8 Å². The molecule has 0 radical (unpaired) electrons. The molecule has 1 aliphatic carbocycles. The second-order valence-electron chi connectivity index (χ2n) is 9.86. The highest BCUT2D eigenvalue weighted by atomic mass is 32.1. The van der Waals surface area contributed by atoms with Crippen LogP contribution in [-0.2, 0) is 0 Å². The smallest absolute Gasteiger partial charge is 0.225 e. The maximum Gasteiger partial charge on any atom is 0.225 e. The van der Waals surface area contributed by atoms with E-state index in [1.807, 2.05) is 19.9 Å². The Labute approximate surface area is 219 Å². The molecule has 194 valence electrons. The minimum Gasteiger partial charge on any atom is -0.396 e. The van der Waals surface area contributed by atoms with Gasteiger partial charge < -0.3 is 26.0 Å². The second-order valence-corrected chi connectivity index (χ2v) is 10.9. The summed E-state index contributed by atoms with van der Waals surface area (Å²) in [6, 6.07) is 9.79. The van der Waals surface area contributed by atoms with Crippen LogP contribution < -0.4 is 10.6 Å². The Morgan fingerprint density at radius 2 is 1.81 bits per heavy atom. The van der Waals surface area contributed by atoms with Gasteiger partial charge in [0.2, 0.25) is 5.95 Å². The third-order valence-electron chi connectivity index (χ3n) is 7.00. The molecule has 0 bridgehead atoms. The van der Waals surface area contributed by atoms with Gasteiger partial charge >= 0.3 is 0 Å². The van der Waals surface area contributed by atoms with E-state index >= 15 is 0 Å². The molecule has 0 aliphatic heterocycles. The van der Waals surface area contributed by atoms with Crippen molar-refractivity contribution in [2.24, 2.45) is 5.92 Å². The first-order valence-electron chi connectivity index (χ1n) is 12.4. The highest BCUT2D eigenvalue weighted by Crippen LogP contribution is 2.38. The predicted molar refractivity (Wildman–Crippen MR) is 146 cm³/mol. The van der Waals surface area contributed by atoms with Gasteiger partial charge in [0.25, 0.3) is 0 Å². The summed E-state index contributed by atoms with van der Waals surface area (Å²) >= 11 is 1.53. The number of aryl methyl sites for hydroxylation is 3. The molecule has 3 heterocycles. The number of fused-ring (bicyclic) bond motifs is 1. The first-order chi connectivity index (χ1) is 17.7. The van der Waals surface area contributed by atoms with Crippen LogP contribution in [0.15, 0.2) is 36.5 Å². The van der Waals surface area contributed by atoms with E-state index in [9.17, 15) is 15.3 Å². The van der Waals surface area contributed by atoms with Crippen molar-refractivity contribution in [1.82, 2.24) is 19.9 Å². The van der Waals surface area contributed by atoms with Gasteiger partial charge in [-0.15, -0.1) is 11.3 Å². The number of aliphatic hydroxyl groups excluding tert-OH is 3. The van der Waals surface area contributed by atoms with Gasteiger partial charge in [-0.25, -0.2) is 9.97 Å². The molecule has 3 aromatic heterocycles. The third-order valence-corrected chi connectivity index (χ3v) is 8.03. The molecule has 10 heteroatoms. The Morgan fingerprint density at radius 1 is 1.05 bits per heavy atom. The topological polar surface area (TPSA) is 136 Å². The van der Waals surface area contributed by atoms with Crippen LogP contribution in [-0.4, -0.2) is 60.1 Å². The van der Waals surface area contributed by atoms with Crippen LogP contribution in [0.5, 0.6) is 0 Å². The van der Waals surface area contributed by atoms with E-state index in [0.29, 0.717) is 18.2 Å². The number of aliphatic hydroxyl groups is 3. The SMILES string of the molecule is Cc1ccc([C@@H](C)Nc2nc(C)c(-c3nc4cnc(C)cc4s3)c(N[C@@H]3C[C@H](CO)[C@@H](O)[C@H]3O)n2)cc1. The monoisotopic (exact) mass is 520 g/mol. The molecule has 5 rings (SSSR count). The summed E-state index contributed by atoms with van der Waals surface area (Å²) in [5.41, 5.74) is 5.48. The number of thiazole rings is 1. The predicted octanol–water partition coefficient (Wildman–Crippen LogP) is 3.76. The number of hydrogen-bond donors (Lipinski definition) is 5. The Bertz CT molecular complexity index is 1410. The van der Waals surface area contributed by atoms with Crippen molar-refractivity contribution in [3.8, 4) is 10.6 Å². The van der Waals surface area contributed by atoms with Crippen LogP contribution in [0.1, 0.15) is 41.9 Å². The van der Waals surface area contributed by atoms with Gasteiger partial charge in [0.05, 0.1) is 40.3 Å². The fraction of sp³-hybridized carbons (Fsp3) is 0.407. The molecule has 1 fully saturated rings. The number of hydrogen-bond acceptors (Lipinski definition) is 10. The number of nitrogens with zero attached hydrogens (tertiary/aromatic N) is 4. The van der Waals surface area contributed by atoms with E-state index in [2.05, 4.69) is 53.7 Å². The van der Waals surface area contributed by atoms with Crippen LogP contribution in [0.25, 0.3) is 20.8 Å². The number of benzene rings is 1. The molecule has 37 heavy (non-hydrogen) atoms. The van der Waals surface area contributed by atoms with E-state index in [4.69, 9.17) is 15.0 Å². The normalized spacial score (nSPS) is 22.4. The molecule has 1 aromatic carbocycles. The minimum absolute atomic E-state index is 0.0344. The lowest BCUT2D eigenvalue weighted by Gasteiger charge is -2.22. The fourth-order valence-electron chi connectivity index (χ4n) is 4.79. The van der Waals surface area contributed by atoms with Crippen LogP contribution >= 0.6 is 11.3 Å². The molecule has 5 atom stereocenters. The standard InChI is InChI=1S/C27H32N6O3S/c1-13-5-7-17(8-6-13)15(3)29-27-30-16(4)22(26-32-20-11-28-14(2)9-21(20)37-26)25(33-27)31-19-10-18(12-34)23(35)24(19)36/h5-9,11,15,18-19,23-24,34-36H,10,12H2,1-4H3,(H2,29,30,31,33)/t15-,18-,19-,23-,24+/m1/s1. The summed E-state index contributed by atoms with van der Waals surface area (Å²) in [6.07, 6.45) is 0.123. The average molecular weight is 521 g/mol. The van der Waals surface area contributed by atoms with Crippen LogP contribution in [0.3, 0.4) is 0 Å². The van der Waals surface area contributed by atoms with Crippen molar-refractivity contribution in [1.29, 1.82) is 0 Å². The van der Waals surface area contributed by atoms with E-state index < -0.39 is 24.2 Å². The van der Waals surface area contributed by atoms with Crippen LogP contribution in [0, 0.1) is 26.7 Å². The summed E-state index contributed by atoms with van der Waals surface area (Å²) < 4.78 is 1.01. The first-order valence-corrected chi connectivity index (χ1v) is 13.2. The number of aromatic nitrogens is 4. The molecule has 1 aliphatic rings. The summed E-state index contributed by atoms with van der Waals surface area (Å²) in [5, 5.41) is 38.2. The van der Waals surface area contributed by atoms with Gasteiger partial charge in [0.1, 0.15) is 22.4 Å². The van der Waals surface area contributed by atoms with Crippen molar-refractivity contribution >= 4 is 33.3 Å². The van der Waals surface area contributed by atoms with Crippen molar-refractivity contribution < 1.29 is 15.3 Å². The number of anilines is 2. The Morgan fingerprint density at radius 3 is 2.51 bits per heavy atom. The second kappa shape index (κ2) is 10.3. The zero-order chi connectivity index (χ0) is 26.3. The van der Waals surface area contributed by atoms with Crippen molar-refractivity contribution in [2.75, 3.05) is 17.2 Å². The largest absolute Gasteiger partial charge is 0.396 e.